The summed E-state index contributed by atoms with van der Waals surface area (Å²) in [5.74, 6) is 3.13. The number of benzene rings is 1. The molecule has 0 atom stereocenters. The number of aromatic nitrogens is 1. The predicted molar refractivity (Wildman–Crippen MR) is 111 cm³/mol. The fourth-order valence-electron chi connectivity index (χ4n) is 3.11. The molecule has 1 heterocycles. The zero-order chi connectivity index (χ0) is 19.5. The highest BCUT2D eigenvalue weighted by atomic mass is 16.5. The van der Waals surface area contributed by atoms with E-state index in [0.717, 1.165) is 48.2 Å². The van der Waals surface area contributed by atoms with Gasteiger partial charge in [0, 0.05) is 25.2 Å². The Morgan fingerprint density at radius 1 is 0.963 bits per heavy atom. The van der Waals surface area contributed by atoms with E-state index in [2.05, 4.69) is 30.8 Å². The van der Waals surface area contributed by atoms with Crippen LogP contribution in [-0.4, -0.2) is 32.0 Å². The van der Waals surface area contributed by atoms with Gasteiger partial charge in [0.05, 0.1) is 19.3 Å². The van der Waals surface area contributed by atoms with Gasteiger partial charge in [-0.15, -0.1) is 0 Å². The highest BCUT2D eigenvalue weighted by molar-refractivity contribution is 5.69. The molecule has 0 aliphatic rings. The van der Waals surface area contributed by atoms with Gasteiger partial charge in [-0.3, -0.25) is 0 Å². The number of anilines is 1. The van der Waals surface area contributed by atoms with E-state index in [0.29, 0.717) is 6.61 Å². The van der Waals surface area contributed by atoms with Crippen LogP contribution in [0.25, 0.3) is 11.3 Å². The van der Waals surface area contributed by atoms with E-state index >= 15 is 0 Å². The SMILES string of the molecule is CCCCCCCCOc1cc(OC)ccc1-c1cc(N(CC)CC)no1. The van der Waals surface area contributed by atoms with Crippen molar-refractivity contribution in [3.63, 3.8) is 0 Å². The average Bonchev–Trinajstić information content (AvgIpc) is 3.17. The molecule has 0 bridgehead atoms. The Morgan fingerprint density at radius 3 is 2.41 bits per heavy atom. The summed E-state index contributed by atoms with van der Waals surface area (Å²) in [7, 11) is 1.67. The molecule has 2 aromatic rings. The summed E-state index contributed by atoms with van der Waals surface area (Å²) in [6.07, 6.45) is 7.44. The minimum absolute atomic E-state index is 0.698. The van der Waals surface area contributed by atoms with Crippen molar-refractivity contribution in [2.45, 2.75) is 59.3 Å². The molecule has 0 radical (unpaired) electrons. The van der Waals surface area contributed by atoms with Gasteiger partial charge in [-0.05, 0) is 32.4 Å². The molecule has 0 N–H and O–H groups in total. The average molecular weight is 375 g/mol. The van der Waals surface area contributed by atoms with E-state index in [1.54, 1.807) is 7.11 Å². The van der Waals surface area contributed by atoms with Crippen molar-refractivity contribution >= 4 is 5.82 Å². The van der Waals surface area contributed by atoms with Crippen molar-refractivity contribution in [1.29, 1.82) is 0 Å². The fraction of sp³-hybridized carbons (Fsp3) is 0.591. The maximum Gasteiger partial charge on any atom is 0.172 e. The molecule has 5 heteroatoms. The number of hydrogen-bond donors (Lipinski definition) is 0. The van der Waals surface area contributed by atoms with Crippen LogP contribution in [0.15, 0.2) is 28.8 Å². The molecule has 1 aromatic carbocycles. The Labute approximate surface area is 163 Å². The lowest BCUT2D eigenvalue weighted by Crippen LogP contribution is -2.21. The molecule has 5 nitrogen and oxygen atoms in total. The summed E-state index contributed by atoms with van der Waals surface area (Å²) in [5.41, 5.74) is 0.910. The molecule has 0 unspecified atom stereocenters. The van der Waals surface area contributed by atoms with Crippen LogP contribution in [0, 0.1) is 0 Å². The number of hydrogen-bond acceptors (Lipinski definition) is 5. The Kier molecular flexibility index (Phi) is 9.02. The van der Waals surface area contributed by atoms with E-state index in [4.69, 9.17) is 14.0 Å². The number of nitrogens with zero attached hydrogens (tertiary/aromatic N) is 2. The Balaban J connectivity index is 2.05. The van der Waals surface area contributed by atoms with Crippen molar-refractivity contribution in [2.24, 2.45) is 0 Å². The lowest BCUT2D eigenvalue weighted by Gasteiger charge is -2.15. The summed E-state index contributed by atoms with van der Waals surface area (Å²) >= 11 is 0. The molecule has 0 amide bonds. The maximum atomic E-state index is 6.08. The largest absolute Gasteiger partial charge is 0.497 e. The van der Waals surface area contributed by atoms with Crippen molar-refractivity contribution in [3.05, 3.63) is 24.3 Å². The van der Waals surface area contributed by atoms with Gasteiger partial charge in [0.25, 0.3) is 0 Å². The number of unbranched alkanes of at least 4 members (excludes halogenated alkanes) is 5. The third-order valence-corrected chi connectivity index (χ3v) is 4.79. The first-order valence-corrected chi connectivity index (χ1v) is 10.3. The van der Waals surface area contributed by atoms with E-state index in [-0.39, 0.29) is 0 Å². The second-order valence-electron chi connectivity index (χ2n) is 6.70. The van der Waals surface area contributed by atoms with E-state index in [1.807, 2.05) is 24.3 Å². The van der Waals surface area contributed by atoms with Crippen LogP contribution in [0.2, 0.25) is 0 Å². The highest BCUT2D eigenvalue weighted by Crippen LogP contribution is 2.35. The van der Waals surface area contributed by atoms with Gasteiger partial charge in [0.1, 0.15) is 11.5 Å². The van der Waals surface area contributed by atoms with Gasteiger partial charge in [-0.2, -0.15) is 0 Å². The molecule has 0 saturated carbocycles. The second kappa shape index (κ2) is 11.5. The van der Waals surface area contributed by atoms with Gasteiger partial charge in [-0.1, -0.05) is 44.2 Å². The van der Waals surface area contributed by atoms with Gasteiger partial charge >= 0.3 is 0 Å². The summed E-state index contributed by atoms with van der Waals surface area (Å²) in [5, 5.41) is 4.22. The van der Waals surface area contributed by atoms with Crippen LogP contribution in [0.1, 0.15) is 59.3 Å². The minimum atomic E-state index is 0.698. The van der Waals surface area contributed by atoms with E-state index in [1.165, 1.54) is 32.1 Å². The number of methoxy groups -OCH3 is 1. The zero-order valence-electron chi connectivity index (χ0n) is 17.3. The van der Waals surface area contributed by atoms with Crippen LogP contribution >= 0.6 is 0 Å². The minimum Gasteiger partial charge on any atom is -0.497 e. The Bertz CT molecular complexity index is 665. The lowest BCUT2D eigenvalue weighted by molar-refractivity contribution is 0.302. The summed E-state index contributed by atoms with van der Waals surface area (Å²) in [6, 6.07) is 7.80. The van der Waals surface area contributed by atoms with Gasteiger partial charge in [0.15, 0.2) is 11.6 Å². The summed E-state index contributed by atoms with van der Waals surface area (Å²) in [4.78, 5) is 2.16. The van der Waals surface area contributed by atoms with Crippen LogP contribution < -0.4 is 14.4 Å². The monoisotopic (exact) mass is 374 g/mol. The van der Waals surface area contributed by atoms with Gasteiger partial charge < -0.3 is 18.9 Å². The number of rotatable bonds is 13. The van der Waals surface area contributed by atoms with Crippen LogP contribution in [0.3, 0.4) is 0 Å². The predicted octanol–water partition coefficient (Wildman–Crippen LogP) is 5.94. The molecule has 2 rings (SSSR count). The molecule has 0 fully saturated rings. The molecule has 27 heavy (non-hydrogen) atoms. The fourth-order valence-corrected chi connectivity index (χ4v) is 3.11. The summed E-state index contributed by atoms with van der Waals surface area (Å²) < 4.78 is 17.1. The molecule has 1 aromatic heterocycles. The molecule has 0 aliphatic carbocycles. The van der Waals surface area contributed by atoms with Crippen molar-refractivity contribution in [2.75, 3.05) is 31.7 Å². The van der Waals surface area contributed by atoms with Crippen molar-refractivity contribution < 1.29 is 14.0 Å². The lowest BCUT2D eigenvalue weighted by atomic mass is 10.1. The standard InChI is InChI=1S/C22H34N2O3/c1-5-8-9-10-11-12-15-26-20-16-18(25-4)13-14-19(20)21-17-22(23-27-21)24(6-2)7-3/h13-14,16-17H,5-12,15H2,1-4H3. The third kappa shape index (κ3) is 6.19. The van der Waals surface area contributed by atoms with Crippen LogP contribution in [0.5, 0.6) is 11.5 Å². The molecule has 0 spiro atoms. The number of ether oxygens (including phenoxy) is 2. The van der Waals surface area contributed by atoms with Gasteiger partial charge in [-0.25, -0.2) is 0 Å². The summed E-state index contributed by atoms with van der Waals surface area (Å²) in [6.45, 7) is 8.95. The van der Waals surface area contributed by atoms with Crippen molar-refractivity contribution in [3.8, 4) is 22.8 Å². The van der Waals surface area contributed by atoms with E-state index in [9.17, 15) is 0 Å². The third-order valence-electron chi connectivity index (χ3n) is 4.79. The zero-order valence-corrected chi connectivity index (χ0v) is 17.3. The molecular formula is C22H34N2O3. The molecule has 150 valence electrons. The maximum absolute atomic E-state index is 6.08. The van der Waals surface area contributed by atoms with E-state index < -0.39 is 0 Å². The first kappa shape index (κ1) is 21.1. The highest BCUT2D eigenvalue weighted by Gasteiger charge is 2.15. The first-order valence-electron chi connectivity index (χ1n) is 10.3. The van der Waals surface area contributed by atoms with Crippen molar-refractivity contribution in [1.82, 2.24) is 5.16 Å². The second-order valence-corrected chi connectivity index (χ2v) is 6.70. The first-order chi connectivity index (χ1) is 13.2. The van der Waals surface area contributed by atoms with Crippen LogP contribution in [-0.2, 0) is 0 Å². The molecule has 0 saturated heterocycles. The molecule has 0 aliphatic heterocycles. The Hall–Kier alpha value is -2.17. The molecular weight excluding hydrogens is 340 g/mol. The topological polar surface area (TPSA) is 47.7 Å². The quantitative estimate of drug-likeness (QED) is 0.406. The normalized spacial score (nSPS) is 10.8. The van der Waals surface area contributed by atoms with Crippen LogP contribution in [0.4, 0.5) is 5.82 Å². The van der Waals surface area contributed by atoms with Gasteiger partial charge in [0.2, 0.25) is 0 Å². The smallest absolute Gasteiger partial charge is 0.172 e. The Morgan fingerprint density at radius 2 is 1.70 bits per heavy atom.